The van der Waals surface area contributed by atoms with Crippen molar-refractivity contribution in [1.82, 2.24) is 0 Å². The van der Waals surface area contributed by atoms with E-state index in [0.717, 1.165) is 25.7 Å². The Morgan fingerprint density at radius 1 is 1.05 bits per heavy atom. The number of carbonyl (C=O) groups excluding carboxylic acids is 2. The van der Waals surface area contributed by atoms with Crippen LogP contribution in [0.5, 0.6) is 11.5 Å². The number of hydrogen-bond acceptors (Lipinski definition) is 5. The SMILES string of the molecule is CCCCCCN=C1CC(=O)c2c(O)ccc(O)c2C1=O. The van der Waals surface area contributed by atoms with Crippen molar-refractivity contribution in [3.05, 3.63) is 23.3 Å². The molecule has 0 unspecified atom stereocenters. The third kappa shape index (κ3) is 3.12. The highest BCUT2D eigenvalue weighted by molar-refractivity contribution is 6.53. The van der Waals surface area contributed by atoms with Gasteiger partial charge in [-0.1, -0.05) is 26.2 Å². The number of Topliss-reactive ketones (excluding diaryl/α,β-unsaturated/α-hetero) is 2. The average Bonchev–Trinajstić information content (AvgIpc) is 2.46. The summed E-state index contributed by atoms with van der Waals surface area (Å²) in [5, 5.41) is 19.5. The molecular weight excluding hydrogens is 270 g/mol. The standard InChI is InChI=1S/C16H19NO4/c1-2-3-4-5-8-17-10-9-13(20)14-11(18)6-7-12(19)15(14)16(10)21/h6-7,18-19H,2-5,8-9H2,1H3. The molecule has 0 spiro atoms. The van der Waals surface area contributed by atoms with Crippen LogP contribution < -0.4 is 0 Å². The van der Waals surface area contributed by atoms with Gasteiger partial charge in [0.1, 0.15) is 11.5 Å². The molecule has 0 amide bonds. The van der Waals surface area contributed by atoms with E-state index in [0.29, 0.717) is 6.54 Å². The lowest BCUT2D eigenvalue weighted by Gasteiger charge is -2.17. The first-order valence-corrected chi connectivity index (χ1v) is 7.22. The summed E-state index contributed by atoms with van der Waals surface area (Å²) in [5.74, 6) is -1.42. The van der Waals surface area contributed by atoms with Crippen molar-refractivity contribution in [2.45, 2.75) is 39.0 Å². The normalized spacial score (nSPS) is 16.3. The summed E-state index contributed by atoms with van der Waals surface area (Å²) >= 11 is 0. The number of hydrogen-bond donors (Lipinski definition) is 2. The number of rotatable bonds is 5. The van der Waals surface area contributed by atoms with Crippen LogP contribution in [0, 0.1) is 0 Å². The molecule has 2 rings (SSSR count). The third-order valence-corrected chi connectivity index (χ3v) is 3.57. The molecule has 0 saturated carbocycles. The van der Waals surface area contributed by atoms with E-state index in [1.807, 2.05) is 0 Å². The van der Waals surface area contributed by atoms with Gasteiger partial charge in [0.2, 0.25) is 5.78 Å². The predicted molar refractivity (Wildman–Crippen MR) is 79.5 cm³/mol. The monoisotopic (exact) mass is 289 g/mol. The molecule has 0 fully saturated rings. The van der Waals surface area contributed by atoms with Crippen LogP contribution in [-0.4, -0.2) is 34.0 Å². The van der Waals surface area contributed by atoms with Gasteiger partial charge in [-0.25, -0.2) is 0 Å². The summed E-state index contributed by atoms with van der Waals surface area (Å²) in [5.41, 5.74) is -0.0478. The minimum Gasteiger partial charge on any atom is -0.507 e. The lowest BCUT2D eigenvalue weighted by Crippen LogP contribution is -2.27. The van der Waals surface area contributed by atoms with E-state index >= 15 is 0 Å². The van der Waals surface area contributed by atoms with Crippen molar-refractivity contribution >= 4 is 17.3 Å². The zero-order valence-corrected chi connectivity index (χ0v) is 12.1. The molecular formula is C16H19NO4. The van der Waals surface area contributed by atoms with Crippen LogP contribution in [0.25, 0.3) is 0 Å². The Labute approximate surface area is 123 Å². The van der Waals surface area contributed by atoms with Gasteiger partial charge in [-0.3, -0.25) is 14.6 Å². The Balaban J connectivity index is 2.23. The molecule has 0 atom stereocenters. The van der Waals surface area contributed by atoms with Gasteiger partial charge >= 0.3 is 0 Å². The summed E-state index contributed by atoms with van der Waals surface area (Å²) in [6, 6.07) is 2.43. The Morgan fingerprint density at radius 2 is 1.71 bits per heavy atom. The summed E-state index contributed by atoms with van der Waals surface area (Å²) < 4.78 is 0. The van der Waals surface area contributed by atoms with E-state index in [2.05, 4.69) is 11.9 Å². The number of benzene rings is 1. The van der Waals surface area contributed by atoms with Crippen LogP contribution >= 0.6 is 0 Å². The molecule has 2 N–H and O–H groups in total. The first-order valence-electron chi connectivity index (χ1n) is 7.22. The van der Waals surface area contributed by atoms with Gasteiger partial charge in [0, 0.05) is 6.54 Å². The highest BCUT2D eigenvalue weighted by atomic mass is 16.3. The van der Waals surface area contributed by atoms with Crippen molar-refractivity contribution in [3.63, 3.8) is 0 Å². The van der Waals surface area contributed by atoms with Crippen LogP contribution in [0.1, 0.15) is 59.7 Å². The molecule has 1 aromatic carbocycles. The van der Waals surface area contributed by atoms with Crippen molar-refractivity contribution in [3.8, 4) is 11.5 Å². The number of nitrogens with zero attached hydrogens (tertiary/aromatic N) is 1. The van der Waals surface area contributed by atoms with Crippen LogP contribution in [-0.2, 0) is 0 Å². The van der Waals surface area contributed by atoms with Crippen LogP contribution in [0.4, 0.5) is 0 Å². The van der Waals surface area contributed by atoms with Gasteiger partial charge in [-0.15, -0.1) is 0 Å². The Morgan fingerprint density at radius 3 is 2.38 bits per heavy atom. The molecule has 0 bridgehead atoms. The molecule has 0 saturated heterocycles. The van der Waals surface area contributed by atoms with E-state index in [9.17, 15) is 19.8 Å². The number of phenolic OH excluding ortho intramolecular Hbond substituents is 2. The predicted octanol–water partition coefficient (Wildman–Crippen LogP) is 2.89. The summed E-state index contributed by atoms with van der Waals surface area (Å²) in [6.45, 7) is 2.62. The molecule has 1 aliphatic rings. The fourth-order valence-corrected chi connectivity index (χ4v) is 2.44. The Hall–Kier alpha value is -2.17. The van der Waals surface area contributed by atoms with Gasteiger partial charge in [0.05, 0.1) is 23.3 Å². The minimum atomic E-state index is -0.464. The summed E-state index contributed by atoms with van der Waals surface area (Å²) in [4.78, 5) is 28.6. The van der Waals surface area contributed by atoms with Gasteiger partial charge in [0.15, 0.2) is 5.78 Å². The quantitative estimate of drug-likeness (QED) is 0.644. The Kier molecular flexibility index (Phi) is 4.73. The molecule has 21 heavy (non-hydrogen) atoms. The fourth-order valence-electron chi connectivity index (χ4n) is 2.44. The largest absolute Gasteiger partial charge is 0.507 e. The lowest BCUT2D eigenvalue weighted by atomic mass is 9.86. The van der Waals surface area contributed by atoms with Gasteiger partial charge in [0.25, 0.3) is 0 Å². The van der Waals surface area contributed by atoms with Crippen LogP contribution in [0.15, 0.2) is 17.1 Å². The summed E-state index contributed by atoms with van der Waals surface area (Å²) in [7, 11) is 0. The van der Waals surface area contributed by atoms with Gasteiger partial charge in [-0.2, -0.15) is 0 Å². The number of carbonyl (C=O) groups is 2. The van der Waals surface area contributed by atoms with E-state index in [-0.39, 0.29) is 40.5 Å². The number of unbranched alkanes of at least 4 members (excludes halogenated alkanes) is 3. The second-order valence-electron chi connectivity index (χ2n) is 5.17. The molecule has 0 radical (unpaired) electrons. The maximum absolute atomic E-state index is 12.3. The average molecular weight is 289 g/mol. The second-order valence-corrected chi connectivity index (χ2v) is 5.17. The highest BCUT2D eigenvalue weighted by Gasteiger charge is 2.33. The van der Waals surface area contributed by atoms with E-state index in [1.165, 1.54) is 12.1 Å². The van der Waals surface area contributed by atoms with Crippen LogP contribution in [0.2, 0.25) is 0 Å². The minimum absolute atomic E-state index is 0.0927. The molecule has 112 valence electrons. The Bertz CT molecular complexity index is 605. The molecule has 0 aromatic heterocycles. The van der Waals surface area contributed by atoms with Crippen molar-refractivity contribution in [2.75, 3.05) is 6.54 Å². The van der Waals surface area contributed by atoms with E-state index < -0.39 is 5.78 Å². The van der Waals surface area contributed by atoms with E-state index in [4.69, 9.17) is 0 Å². The van der Waals surface area contributed by atoms with Crippen molar-refractivity contribution in [2.24, 2.45) is 4.99 Å². The number of phenols is 2. The topological polar surface area (TPSA) is 87.0 Å². The number of fused-ring (bicyclic) bond motifs is 1. The number of ketones is 2. The maximum atomic E-state index is 12.3. The van der Waals surface area contributed by atoms with Crippen molar-refractivity contribution < 1.29 is 19.8 Å². The smallest absolute Gasteiger partial charge is 0.211 e. The lowest BCUT2D eigenvalue weighted by molar-refractivity contribution is 0.0960. The second kappa shape index (κ2) is 6.52. The van der Waals surface area contributed by atoms with E-state index in [1.54, 1.807) is 0 Å². The van der Waals surface area contributed by atoms with Crippen LogP contribution in [0.3, 0.4) is 0 Å². The molecule has 5 heteroatoms. The summed E-state index contributed by atoms with van der Waals surface area (Å²) in [6.07, 6.45) is 4.04. The first-order chi connectivity index (χ1) is 10.1. The highest BCUT2D eigenvalue weighted by Crippen LogP contribution is 2.34. The fraction of sp³-hybridized carbons (Fsp3) is 0.438. The maximum Gasteiger partial charge on any atom is 0.211 e. The van der Waals surface area contributed by atoms with Gasteiger partial charge < -0.3 is 10.2 Å². The first kappa shape index (κ1) is 15.2. The van der Waals surface area contributed by atoms with Gasteiger partial charge in [-0.05, 0) is 18.6 Å². The zero-order valence-electron chi connectivity index (χ0n) is 12.1. The molecule has 0 heterocycles. The van der Waals surface area contributed by atoms with Crippen molar-refractivity contribution in [1.29, 1.82) is 0 Å². The molecule has 5 nitrogen and oxygen atoms in total. The molecule has 0 aliphatic heterocycles. The molecule has 1 aromatic rings. The molecule has 1 aliphatic carbocycles. The zero-order chi connectivity index (χ0) is 15.4. The number of aromatic hydroxyl groups is 2. The number of aliphatic imine (C=N–C) groups is 1. The third-order valence-electron chi connectivity index (χ3n) is 3.57.